The molecular weight excluding hydrogens is 96.1 g/mol. The Hall–Kier alpha value is -0.520. The van der Waals surface area contributed by atoms with Crippen LogP contribution in [0, 0.1) is 11.8 Å². The molecule has 0 unspecified atom stereocenters. The molecule has 0 aromatic rings. The van der Waals surface area contributed by atoms with Gasteiger partial charge in [-0.05, 0) is 11.8 Å². The predicted molar refractivity (Wildman–Crippen MR) is 36.6 cm³/mol. The molecule has 0 spiro atoms. The minimum absolute atomic E-state index is 0.676. The Morgan fingerprint density at radius 1 is 1.50 bits per heavy atom. The van der Waals surface area contributed by atoms with Crippen molar-refractivity contribution in [1.82, 2.24) is 0 Å². The lowest BCUT2D eigenvalue weighted by Gasteiger charge is -2.07. The molecule has 0 aliphatic heterocycles. The quantitative estimate of drug-likeness (QED) is 0.447. The van der Waals surface area contributed by atoms with Gasteiger partial charge in [-0.3, -0.25) is 0 Å². The summed E-state index contributed by atoms with van der Waals surface area (Å²) in [6.07, 6.45) is 4.34. The molecule has 0 N–H and O–H groups in total. The summed E-state index contributed by atoms with van der Waals surface area (Å²) >= 11 is 0. The van der Waals surface area contributed by atoms with Gasteiger partial charge in [0, 0.05) is 0 Å². The molecule has 0 nitrogen and oxygen atoms in total. The molecule has 0 aromatic heterocycles. The van der Waals surface area contributed by atoms with E-state index in [1.54, 1.807) is 0 Å². The molecule has 1 rings (SSSR count). The second kappa shape index (κ2) is 1.77. The smallest absolute Gasteiger partial charge is 0.0136 e. The van der Waals surface area contributed by atoms with Gasteiger partial charge in [-0.15, -0.1) is 0 Å². The largest absolute Gasteiger partial charge is 0.0955 e. The van der Waals surface area contributed by atoms with E-state index >= 15 is 0 Å². The maximum Gasteiger partial charge on any atom is -0.0136 e. The van der Waals surface area contributed by atoms with Crippen molar-refractivity contribution < 1.29 is 0 Å². The molecule has 8 heavy (non-hydrogen) atoms. The van der Waals surface area contributed by atoms with E-state index in [1.807, 2.05) is 0 Å². The van der Waals surface area contributed by atoms with Crippen molar-refractivity contribution in [2.75, 3.05) is 0 Å². The second-order valence-corrected chi connectivity index (χ2v) is 2.58. The van der Waals surface area contributed by atoms with Crippen molar-refractivity contribution in [1.29, 1.82) is 0 Å². The predicted octanol–water partition coefficient (Wildman–Crippen LogP) is 2.38. The number of hydrogen-bond acceptors (Lipinski definition) is 0. The maximum absolute atomic E-state index is 3.90. The fourth-order valence-electron chi connectivity index (χ4n) is 0.931. The van der Waals surface area contributed by atoms with Crippen LogP contribution in [-0.4, -0.2) is 0 Å². The van der Waals surface area contributed by atoms with E-state index in [2.05, 4.69) is 32.6 Å². The molecular formula is C8H12. The molecule has 2 atom stereocenters. The Labute approximate surface area is 50.9 Å². The average molecular weight is 108 g/mol. The maximum atomic E-state index is 3.90. The number of hydrogen-bond donors (Lipinski definition) is 0. The minimum atomic E-state index is 0.676. The highest BCUT2D eigenvalue weighted by Crippen LogP contribution is 2.27. The van der Waals surface area contributed by atoms with Gasteiger partial charge in [-0.1, -0.05) is 38.2 Å². The van der Waals surface area contributed by atoms with Crippen molar-refractivity contribution >= 4 is 0 Å². The van der Waals surface area contributed by atoms with Gasteiger partial charge in [0.25, 0.3) is 0 Å². The molecule has 0 fully saturated rings. The average Bonchev–Trinajstić information content (AvgIpc) is 1.98. The molecule has 0 heteroatoms. The normalized spacial score (nSPS) is 36.5. The van der Waals surface area contributed by atoms with Crippen LogP contribution in [0.15, 0.2) is 24.3 Å². The van der Waals surface area contributed by atoms with Crippen molar-refractivity contribution in [2.24, 2.45) is 11.8 Å². The van der Waals surface area contributed by atoms with Gasteiger partial charge in [0.15, 0.2) is 0 Å². The zero-order valence-corrected chi connectivity index (χ0v) is 5.52. The Morgan fingerprint density at radius 2 is 2.12 bits per heavy atom. The zero-order chi connectivity index (χ0) is 6.15. The lowest BCUT2D eigenvalue weighted by atomic mass is 9.97. The van der Waals surface area contributed by atoms with Gasteiger partial charge in [0.05, 0.1) is 0 Å². The third-order valence-corrected chi connectivity index (χ3v) is 1.99. The molecule has 44 valence electrons. The van der Waals surface area contributed by atoms with E-state index in [0.29, 0.717) is 11.8 Å². The highest BCUT2D eigenvalue weighted by molar-refractivity contribution is 5.25. The first-order valence-electron chi connectivity index (χ1n) is 3.09. The standard InChI is InChI=1S/C8H12/c1-6-4-5-7(2)8(6)3/h4-5,7-8H,1H2,2-3H3/t7-,8-/m0/s1. The van der Waals surface area contributed by atoms with Crippen molar-refractivity contribution in [2.45, 2.75) is 13.8 Å². The zero-order valence-electron chi connectivity index (χ0n) is 5.52. The van der Waals surface area contributed by atoms with Crippen molar-refractivity contribution in [3.63, 3.8) is 0 Å². The fourth-order valence-corrected chi connectivity index (χ4v) is 0.931. The summed E-state index contributed by atoms with van der Waals surface area (Å²) in [6, 6.07) is 0. The van der Waals surface area contributed by atoms with Gasteiger partial charge < -0.3 is 0 Å². The van der Waals surface area contributed by atoms with Gasteiger partial charge >= 0.3 is 0 Å². The lowest BCUT2D eigenvalue weighted by molar-refractivity contribution is 0.565. The van der Waals surface area contributed by atoms with Crippen LogP contribution in [0.2, 0.25) is 0 Å². The van der Waals surface area contributed by atoms with Crippen LogP contribution in [0.5, 0.6) is 0 Å². The molecule has 1 aliphatic carbocycles. The van der Waals surface area contributed by atoms with Gasteiger partial charge in [-0.25, -0.2) is 0 Å². The molecule has 0 bridgehead atoms. The van der Waals surface area contributed by atoms with E-state index < -0.39 is 0 Å². The highest BCUT2D eigenvalue weighted by atomic mass is 14.2. The van der Waals surface area contributed by atoms with Crippen molar-refractivity contribution in [3.8, 4) is 0 Å². The van der Waals surface area contributed by atoms with Gasteiger partial charge in [-0.2, -0.15) is 0 Å². The Morgan fingerprint density at radius 3 is 2.25 bits per heavy atom. The fraction of sp³-hybridized carbons (Fsp3) is 0.500. The second-order valence-electron chi connectivity index (χ2n) is 2.58. The van der Waals surface area contributed by atoms with Crippen LogP contribution in [-0.2, 0) is 0 Å². The summed E-state index contributed by atoms with van der Waals surface area (Å²) in [7, 11) is 0. The molecule has 0 aromatic carbocycles. The highest BCUT2D eigenvalue weighted by Gasteiger charge is 2.15. The first kappa shape index (κ1) is 5.61. The van der Waals surface area contributed by atoms with Crippen molar-refractivity contribution in [3.05, 3.63) is 24.3 Å². The molecule has 0 saturated carbocycles. The molecule has 0 radical (unpaired) electrons. The SMILES string of the molecule is C=C1C=C[C@H](C)[C@H]1C. The summed E-state index contributed by atoms with van der Waals surface area (Å²) in [5, 5.41) is 0. The monoisotopic (exact) mass is 108 g/mol. The van der Waals surface area contributed by atoms with Gasteiger partial charge in [0.2, 0.25) is 0 Å². The molecule has 1 aliphatic rings. The van der Waals surface area contributed by atoms with Gasteiger partial charge in [0.1, 0.15) is 0 Å². The third kappa shape index (κ3) is 0.706. The van der Waals surface area contributed by atoms with Crippen LogP contribution in [0.4, 0.5) is 0 Å². The van der Waals surface area contributed by atoms with Crippen LogP contribution in [0.1, 0.15) is 13.8 Å². The van der Waals surface area contributed by atoms with E-state index in [1.165, 1.54) is 5.57 Å². The molecule has 0 amide bonds. The Kier molecular flexibility index (Phi) is 1.24. The lowest BCUT2D eigenvalue weighted by Crippen LogP contribution is -1.98. The van der Waals surface area contributed by atoms with E-state index in [0.717, 1.165) is 0 Å². The minimum Gasteiger partial charge on any atom is -0.0955 e. The van der Waals surface area contributed by atoms with E-state index in [-0.39, 0.29) is 0 Å². The van der Waals surface area contributed by atoms with E-state index in [9.17, 15) is 0 Å². The Balaban J connectivity index is 2.69. The van der Waals surface area contributed by atoms with Crippen LogP contribution in [0.25, 0.3) is 0 Å². The Bertz CT molecular complexity index is 131. The first-order chi connectivity index (χ1) is 3.72. The summed E-state index contributed by atoms with van der Waals surface area (Å²) < 4.78 is 0. The van der Waals surface area contributed by atoms with E-state index in [4.69, 9.17) is 0 Å². The van der Waals surface area contributed by atoms with Crippen LogP contribution < -0.4 is 0 Å². The topological polar surface area (TPSA) is 0 Å². The van der Waals surface area contributed by atoms with Crippen LogP contribution in [0.3, 0.4) is 0 Å². The molecule has 0 saturated heterocycles. The number of allylic oxidation sites excluding steroid dienone is 3. The summed E-state index contributed by atoms with van der Waals surface area (Å²) in [5.74, 6) is 1.39. The molecule has 0 heterocycles. The summed E-state index contributed by atoms with van der Waals surface area (Å²) in [4.78, 5) is 0. The third-order valence-electron chi connectivity index (χ3n) is 1.99. The van der Waals surface area contributed by atoms with Crippen LogP contribution >= 0.6 is 0 Å². The first-order valence-corrected chi connectivity index (χ1v) is 3.09. The number of rotatable bonds is 0. The summed E-state index contributed by atoms with van der Waals surface area (Å²) in [5.41, 5.74) is 1.28. The summed E-state index contributed by atoms with van der Waals surface area (Å²) in [6.45, 7) is 8.34.